The van der Waals surface area contributed by atoms with E-state index >= 15 is 0 Å². The van der Waals surface area contributed by atoms with E-state index < -0.39 is 0 Å². The van der Waals surface area contributed by atoms with Crippen LogP contribution in [0, 0.1) is 0 Å². The second kappa shape index (κ2) is 10.7. The molecule has 3 aliphatic rings. The molecule has 8 aromatic carbocycles. The maximum Gasteiger partial charge on any atom is 0.0726 e. The van der Waals surface area contributed by atoms with Crippen molar-refractivity contribution in [1.82, 2.24) is 4.57 Å². The molecular formula is C53H38N2. The third-order valence-corrected chi connectivity index (χ3v) is 13.2. The molecule has 0 saturated heterocycles. The number of hydrogen-bond donors (Lipinski definition) is 0. The summed E-state index contributed by atoms with van der Waals surface area (Å²) in [6, 6.07) is 66.0. The standard InChI is InChI=1S/C53H38N2/c1-52(2)47-30-33(24-27-39(47)40-29-26-35(32-48(40)52)55-50-22-12-7-17-42(50)43-18-8-13-23-51(43)55)54(3)34-25-28-41-38-16-6-11-21-46(38)53(49(41)31-34)44-19-9-4-14-36(44)37-15-5-10-20-45(37)53/h4-32H,1-3H3. The van der Waals surface area contributed by atoms with Gasteiger partial charge < -0.3 is 9.47 Å². The monoisotopic (exact) mass is 702 g/mol. The normalized spacial score (nSPS) is 14.7. The highest BCUT2D eigenvalue weighted by Gasteiger charge is 2.51. The van der Waals surface area contributed by atoms with Gasteiger partial charge in [-0.05, 0) is 115 Å². The van der Waals surface area contributed by atoms with Crippen molar-refractivity contribution in [3.63, 3.8) is 0 Å². The largest absolute Gasteiger partial charge is 0.345 e. The van der Waals surface area contributed by atoms with E-state index in [9.17, 15) is 0 Å². The summed E-state index contributed by atoms with van der Waals surface area (Å²) in [6.45, 7) is 4.78. The van der Waals surface area contributed by atoms with E-state index in [1.54, 1.807) is 0 Å². The zero-order valence-corrected chi connectivity index (χ0v) is 31.1. The van der Waals surface area contributed by atoms with Crippen molar-refractivity contribution >= 4 is 33.2 Å². The second-order valence-corrected chi connectivity index (χ2v) is 16.1. The summed E-state index contributed by atoms with van der Waals surface area (Å²) < 4.78 is 2.43. The molecular weight excluding hydrogens is 665 g/mol. The first-order chi connectivity index (χ1) is 27.0. The van der Waals surface area contributed by atoms with Crippen molar-refractivity contribution in [2.75, 3.05) is 11.9 Å². The molecule has 1 heterocycles. The topological polar surface area (TPSA) is 8.17 Å². The van der Waals surface area contributed by atoms with Crippen LogP contribution in [-0.4, -0.2) is 11.6 Å². The highest BCUT2D eigenvalue weighted by molar-refractivity contribution is 6.09. The predicted octanol–water partition coefficient (Wildman–Crippen LogP) is 13.2. The molecule has 0 radical (unpaired) electrons. The summed E-state index contributed by atoms with van der Waals surface area (Å²) >= 11 is 0. The van der Waals surface area contributed by atoms with Gasteiger partial charge in [0.25, 0.3) is 0 Å². The van der Waals surface area contributed by atoms with Crippen LogP contribution in [0.25, 0.3) is 60.9 Å². The smallest absolute Gasteiger partial charge is 0.0726 e. The molecule has 2 nitrogen and oxygen atoms in total. The van der Waals surface area contributed by atoms with Gasteiger partial charge in [0.1, 0.15) is 0 Å². The van der Waals surface area contributed by atoms with Crippen LogP contribution in [0.3, 0.4) is 0 Å². The molecule has 0 atom stereocenters. The number of para-hydroxylation sites is 2. The van der Waals surface area contributed by atoms with Crippen LogP contribution in [0.2, 0.25) is 0 Å². The molecule has 0 fully saturated rings. The van der Waals surface area contributed by atoms with Gasteiger partial charge >= 0.3 is 0 Å². The number of anilines is 2. The van der Waals surface area contributed by atoms with Crippen molar-refractivity contribution < 1.29 is 0 Å². The van der Waals surface area contributed by atoms with Crippen LogP contribution in [0.15, 0.2) is 176 Å². The number of fused-ring (bicyclic) bond motifs is 16. The molecule has 0 unspecified atom stereocenters. The van der Waals surface area contributed by atoms with Crippen molar-refractivity contribution in [1.29, 1.82) is 0 Å². The average molecular weight is 703 g/mol. The van der Waals surface area contributed by atoms with Crippen molar-refractivity contribution in [3.8, 4) is 39.1 Å². The van der Waals surface area contributed by atoms with Gasteiger partial charge in [-0.3, -0.25) is 0 Å². The average Bonchev–Trinajstić information content (AvgIpc) is 3.90. The Balaban J connectivity index is 0.972. The lowest BCUT2D eigenvalue weighted by Gasteiger charge is -2.31. The molecule has 0 amide bonds. The second-order valence-electron chi connectivity index (χ2n) is 16.1. The van der Waals surface area contributed by atoms with E-state index in [1.807, 2.05) is 0 Å². The summed E-state index contributed by atoms with van der Waals surface area (Å²) in [5, 5.41) is 2.58. The van der Waals surface area contributed by atoms with Gasteiger partial charge in [-0.15, -0.1) is 0 Å². The van der Waals surface area contributed by atoms with Gasteiger partial charge in [0, 0.05) is 40.3 Å². The van der Waals surface area contributed by atoms with Crippen LogP contribution < -0.4 is 4.90 Å². The Kier molecular flexibility index (Phi) is 6.01. The van der Waals surface area contributed by atoms with Crippen LogP contribution in [0.5, 0.6) is 0 Å². The Morgan fingerprint density at radius 2 is 0.782 bits per heavy atom. The summed E-state index contributed by atoms with van der Waals surface area (Å²) in [4.78, 5) is 2.38. The number of aromatic nitrogens is 1. The number of nitrogens with zero attached hydrogens (tertiary/aromatic N) is 2. The molecule has 55 heavy (non-hydrogen) atoms. The lowest BCUT2D eigenvalue weighted by Crippen LogP contribution is -2.26. The molecule has 12 rings (SSSR count). The van der Waals surface area contributed by atoms with Gasteiger partial charge in [-0.2, -0.15) is 0 Å². The van der Waals surface area contributed by atoms with Gasteiger partial charge in [-0.25, -0.2) is 0 Å². The van der Waals surface area contributed by atoms with Crippen LogP contribution in [0.1, 0.15) is 47.2 Å². The molecule has 0 saturated carbocycles. The summed E-state index contributed by atoms with van der Waals surface area (Å²) in [5.41, 5.74) is 21.8. The minimum atomic E-state index is -0.356. The molecule has 2 heteroatoms. The van der Waals surface area contributed by atoms with Crippen LogP contribution >= 0.6 is 0 Å². The maximum absolute atomic E-state index is 2.47. The van der Waals surface area contributed by atoms with Crippen molar-refractivity contribution in [2.45, 2.75) is 24.7 Å². The fraction of sp³-hybridized carbons (Fsp3) is 0.0943. The molecule has 1 spiro atoms. The highest BCUT2D eigenvalue weighted by Crippen LogP contribution is 2.63. The van der Waals surface area contributed by atoms with E-state index in [-0.39, 0.29) is 10.8 Å². The van der Waals surface area contributed by atoms with Crippen molar-refractivity contribution in [2.24, 2.45) is 0 Å². The molecule has 260 valence electrons. The molecule has 0 N–H and O–H groups in total. The first-order valence-corrected chi connectivity index (χ1v) is 19.4. The van der Waals surface area contributed by atoms with Gasteiger partial charge in [0.15, 0.2) is 0 Å². The first-order valence-electron chi connectivity index (χ1n) is 19.4. The Morgan fingerprint density at radius 3 is 1.33 bits per heavy atom. The third-order valence-electron chi connectivity index (χ3n) is 13.2. The van der Waals surface area contributed by atoms with E-state index in [1.165, 1.54) is 106 Å². The van der Waals surface area contributed by atoms with Gasteiger partial charge in [-0.1, -0.05) is 141 Å². The zero-order chi connectivity index (χ0) is 36.6. The fourth-order valence-corrected chi connectivity index (χ4v) is 10.7. The quantitative estimate of drug-likeness (QED) is 0.178. The summed E-state index contributed by atoms with van der Waals surface area (Å²) in [7, 11) is 2.23. The molecule has 0 aliphatic heterocycles. The van der Waals surface area contributed by atoms with Gasteiger partial charge in [0.2, 0.25) is 0 Å². The zero-order valence-electron chi connectivity index (χ0n) is 31.1. The lowest BCUT2D eigenvalue weighted by atomic mass is 9.70. The molecule has 3 aliphatic carbocycles. The van der Waals surface area contributed by atoms with Crippen LogP contribution in [-0.2, 0) is 10.8 Å². The number of rotatable bonds is 3. The highest BCUT2D eigenvalue weighted by atomic mass is 15.1. The van der Waals surface area contributed by atoms with E-state index in [2.05, 4.69) is 206 Å². The van der Waals surface area contributed by atoms with E-state index in [4.69, 9.17) is 0 Å². The third kappa shape index (κ3) is 3.84. The minimum Gasteiger partial charge on any atom is -0.345 e. The lowest BCUT2D eigenvalue weighted by molar-refractivity contribution is 0.660. The van der Waals surface area contributed by atoms with Gasteiger partial charge in [0.05, 0.1) is 16.4 Å². The first kappa shape index (κ1) is 30.8. The molecule has 0 bridgehead atoms. The SMILES string of the molecule is CN(c1ccc2c(c1)C(C)(C)c1cc(-n3c4ccccc4c4ccccc43)ccc1-2)c1ccc2c(c1)C1(c3ccccc3-c3ccccc31)c1ccccc1-2. The Morgan fingerprint density at radius 1 is 0.382 bits per heavy atom. The Hall–Kier alpha value is -6.64. The van der Waals surface area contributed by atoms with Crippen molar-refractivity contribution in [3.05, 3.63) is 209 Å². The summed E-state index contributed by atoms with van der Waals surface area (Å²) in [6.07, 6.45) is 0. The predicted molar refractivity (Wildman–Crippen MR) is 229 cm³/mol. The minimum absolute atomic E-state index is 0.169. The summed E-state index contributed by atoms with van der Waals surface area (Å²) in [5.74, 6) is 0. The number of benzene rings is 8. The van der Waals surface area contributed by atoms with E-state index in [0.29, 0.717) is 0 Å². The Labute approximate surface area is 321 Å². The number of hydrogen-bond acceptors (Lipinski definition) is 1. The molecule has 1 aromatic heterocycles. The molecule has 9 aromatic rings. The fourth-order valence-electron chi connectivity index (χ4n) is 10.7. The van der Waals surface area contributed by atoms with Crippen LogP contribution in [0.4, 0.5) is 11.4 Å². The Bertz CT molecular complexity index is 2990. The maximum atomic E-state index is 2.47. The van der Waals surface area contributed by atoms with E-state index in [0.717, 1.165) is 0 Å².